The van der Waals surface area contributed by atoms with Gasteiger partial charge in [0.05, 0.1) is 16.8 Å². The summed E-state index contributed by atoms with van der Waals surface area (Å²) < 4.78 is 0. The molecule has 10 rings (SSSR count). The Balaban J connectivity index is 1.39. The molecule has 57 heavy (non-hydrogen) atoms. The third-order valence-electron chi connectivity index (χ3n) is 13.9. The Labute approximate surface area is 340 Å². The molecule has 0 atom stereocenters. The summed E-state index contributed by atoms with van der Waals surface area (Å²) in [6.45, 7) is 12.2. The monoisotopic (exact) mass is 739 g/mol. The molecule has 3 aliphatic carbocycles. The quantitative estimate of drug-likeness (QED) is 0.164. The minimum absolute atomic E-state index is 0.00386. The van der Waals surface area contributed by atoms with E-state index in [0.717, 1.165) is 19.3 Å². The molecule has 0 spiro atoms. The Morgan fingerprint density at radius 1 is 0.474 bits per heavy atom. The maximum absolute atomic E-state index is 2.68. The van der Waals surface area contributed by atoms with Crippen LogP contribution in [0.15, 0.2) is 158 Å². The molecule has 3 aliphatic rings. The van der Waals surface area contributed by atoms with E-state index >= 15 is 0 Å². The van der Waals surface area contributed by atoms with Crippen LogP contribution in [0.1, 0.15) is 103 Å². The highest BCUT2D eigenvalue weighted by Gasteiger charge is 2.47. The molecule has 0 saturated heterocycles. The van der Waals surface area contributed by atoms with E-state index in [1.165, 1.54) is 109 Å². The van der Waals surface area contributed by atoms with E-state index in [1.54, 1.807) is 0 Å². The predicted molar refractivity (Wildman–Crippen MR) is 241 cm³/mol. The second-order valence-electron chi connectivity index (χ2n) is 18.2. The third-order valence-corrected chi connectivity index (χ3v) is 13.9. The van der Waals surface area contributed by atoms with Gasteiger partial charge < -0.3 is 4.90 Å². The van der Waals surface area contributed by atoms with Gasteiger partial charge in [-0.25, -0.2) is 0 Å². The third kappa shape index (κ3) is 5.49. The van der Waals surface area contributed by atoms with E-state index in [2.05, 4.69) is 197 Å². The molecule has 1 heteroatoms. The fraction of sp³-hybridized carbons (Fsp3) is 0.250. The van der Waals surface area contributed by atoms with E-state index < -0.39 is 5.41 Å². The molecule has 0 saturated carbocycles. The summed E-state index contributed by atoms with van der Waals surface area (Å²) in [6.07, 6.45) is 7.08. The highest BCUT2D eigenvalue weighted by atomic mass is 15.2. The second-order valence-corrected chi connectivity index (χ2v) is 18.2. The Morgan fingerprint density at radius 2 is 1.09 bits per heavy atom. The van der Waals surface area contributed by atoms with Gasteiger partial charge in [0.25, 0.3) is 0 Å². The Morgan fingerprint density at radius 3 is 1.81 bits per heavy atom. The van der Waals surface area contributed by atoms with Gasteiger partial charge in [0.15, 0.2) is 0 Å². The Kier molecular flexibility index (Phi) is 8.45. The number of fused-ring (bicyclic) bond motifs is 5. The summed E-state index contributed by atoms with van der Waals surface area (Å²) in [6, 6.07) is 60.2. The van der Waals surface area contributed by atoms with Crippen LogP contribution in [0.4, 0.5) is 17.1 Å². The van der Waals surface area contributed by atoms with Crippen LogP contribution in [0.5, 0.6) is 0 Å². The predicted octanol–water partition coefficient (Wildman–Crippen LogP) is 14.7. The first kappa shape index (κ1) is 35.7. The van der Waals surface area contributed by atoms with E-state index in [1.807, 2.05) is 0 Å². The van der Waals surface area contributed by atoms with E-state index in [9.17, 15) is 0 Å². The van der Waals surface area contributed by atoms with Gasteiger partial charge in [0.2, 0.25) is 0 Å². The minimum atomic E-state index is -0.507. The Bertz CT molecular complexity index is 2590. The van der Waals surface area contributed by atoms with Crippen LogP contribution in [0.25, 0.3) is 22.3 Å². The number of rotatable bonds is 6. The van der Waals surface area contributed by atoms with E-state index in [0.29, 0.717) is 0 Å². The summed E-state index contributed by atoms with van der Waals surface area (Å²) in [7, 11) is 0. The highest BCUT2D eigenvalue weighted by Crippen LogP contribution is 2.60. The maximum atomic E-state index is 2.68. The summed E-state index contributed by atoms with van der Waals surface area (Å²) in [5, 5.41) is 0. The standard InChI is InChI=1S/C56H53N/c1-38-32-33-49-52(55(4,5)35-34-54(49,2)3)53(38)57(42-26-13-8-14-27-42)51-37-50-46(36-47(51)44-30-19-21-39-20-15-16-28-43(39)44)45-29-17-18-31-48(45)56(50,40-22-9-6-10-23-40)41-24-11-7-12-25-41/h6-14,17-19,21-27,29-33,36-37H,15-16,20,28,34-35H2,1-5H3. The summed E-state index contributed by atoms with van der Waals surface area (Å²) in [5.41, 5.74) is 21.3. The average Bonchev–Trinajstić information content (AvgIpc) is 3.53. The molecule has 0 N–H and O–H groups in total. The molecule has 0 fully saturated rings. The topological polar surface area (TPSA) is 3.24 Å². The van der Waals surface area contributed by atoms with Gasteiger partial charge in [0, 0.05) is 11.3 Å². The first-order chi connectivity index (χ1) is 27.7. The van der Waals surface area contributed by atoms with Gasteiger partial charge >= 0.3 is 0 Å². The van der Waals surface area contributed by atoms with Gasteiger partial charge in [0.1, 0.15) is 0 Å². The van der Waals surface area contributed by atoms with Crippen LogP contribution in [-0.4, -0.2) is 0 Å². The molecule has 7 aromatic rings. The van der Waals surface area contributed by atoms with Gasteiger partial charge in [-0.2, -0.15) is 0 Å². The number of anilines is 3. The van der Waals surface area contributed by atoms with Crippen molar-refractivity contribution in [2.75, 3.05) is 4.90 Å². The van der Waals surface area contributed by atoms with Crippen LogP contribution in [0.3, 0.4) is 0 Å². The van der Waals surface area contributed by atoms with Crippen LogP contribution in [-0.2, 0) is 29.1 Å². The van der Waals surface area contributed by atoms with E-state index in [4.69, 9.17) is 0 Å². The number of aryl methyl sites for hydroxylation is 2. The van der Waals surface area contributed by atoms with Crippen LogP contribution in [0.2, 0.25) is 0 Å². The van der Waals surface area contributed by atoms with Crippen molar-refractivity contribution in [1.29, 1.82) is 0 Å². The fourth-order valence-electron chi connectivity index (χ4n) is 11.0. The van der Waals surface area contributed by atoms with E-state index in [-0.39, 0.29) is 10.8 Å². The number of hydrogen-bond donors (Lipinski definition) is 0. The lowest BCUT2D eigenvalue weighted by Gasteiger charge is -2.45. The van der Waals surface area contributed by atoms with Gasteiger partial charge in [-0.05, 0) is 147 Å². The maximum Gasteiger partial charge on any atom is 0.0714 e. The normalized spacial score (nSPS) is 16.9. The summed E-state index contributed by atoms with van der Waals surface area (Å²) >= 11 is 0. The van der Waals surface area contributed by atoms with Crippen molar-refractivity contribution in [3.05, 3.63) is 208 Å². The zero-order valence-corrected chi connectivity index (χ0v) is 34.2. The molecule has 0 amide bonds. The number of para-hydroxylation sites is 1. The SMILES string of the molecule is Cc1ccc2c(c1N(c1ccccc1)c1cc3c(cc1-c1cccc4c1CCCC4)-c1ccccc1C3(c1ccccc1)c1ccccc1)C(C)(C)CCC2(C)C. The molecule has 0 aliphatic heterocycles. The molecule has 1 nitrogen and oxygen atoms in total. The zero-order chi connectivity index (χ0) is 38.9. The van der Waals surface area contributed by atoms with Crippen molar-refractivity contribution in [2.24, 2.45) is 0 Å². The molecule has 282 valence electrons. The van der Waals surface area contributed by atoms with Crippen molar-refractivity contribution in [3.63, 3.8) is 0 Å². The molecule has 0 aromatic heterocycles. The molecule has 0 heterocycles. The number of nitrogens with zero attached hydrogens (tertiary/aromatic N) is 1. The molecule has 0 bridgehead atoms. The minimum Gasteiger partial charge on any atom is -0.309 e. The zero-order valence-electron chi connectivity index (χ0n) is 34.2. The molecular formula is C56H53N. The molecular weight excluding hydrogens is 687 g/mol. The molecule has 0 radical (unpaired) electrons. The second kappa shape index (κ2) is 13.5. The van der Waals surface area contributed by atoms with Crippen molar-refractivity contribution >= 4 is 17.1 Å². The van der Waals surface area contributed by atoms with Gasteiger partial charge in [-0.3, -0.25) is 0 Å². The summed E-state index contributed by atoms with van der Waals surface area (Å²) in [5.74, 6) is 0. The lowest BCUT2D eigenvalue weighted by atomic mass is 9.62. The molecule has 0 unspecified atom stereocenters. The molecule has 7 aromatic carbocycles. The smallest absolute Gasteiger partial charge is 0.0714 e. The summed E-state index contributed by atoms with van der Waals surface area (Å²) in [4.78, 5) is 2.68. The van der Waals surface area contributed by atoms with Crippen LogP contribution in [0, 0.1) is 6.92 Å². The lowest BCUT2D eigenvalue weighted by molar-refractivity contribution is 0.332. The van der Waals surface area contributed by atoms with Crippen molar-refractivity contribution in [1.82, 2.24) is 0 Å². The van der Waals surface area contributed by atoms with Crippen molar-refractivity contribution in [2.45, 2.75) is 89.4 Å². The van der Waals surface area contributed by atoms with Crippen molar-refractivity contribution < 1.29 is 0 Å². The Hall–Kier alpha value is -5.66. The lowest BCUT2D eigenvalue weighted by Crippen LogP contribution is -2.36. The highest BCUT2D eigenvalue weighted by molar-refractivity contribution is 5.98. The van der Waals surface area contributed by atoms with Crippen molar-refractivity contribution in [3.8, 4) is 22.3 Å². The fourth-order valence-corrected chi connectivity index (χ4v) is 11.0. The first-order valence-corrected chi connectivity index (χ1v) is 21.2. The van der Waals surface area contributed by atoms with Gasteiger partial charge in [-0.15, -0.1) is 0 Å². The average molecular weight is 740 g/mol. The number of benzene rings is 7. The first-order valence-electron chi connectivity index (χ1n) is 21.2. The van der Waals surface area contributed by atoms with Gasteiger partial charge in [-0.1, -0.05) is 161 Å². The van der Waals surface area contributed by atoms with Crippen LogP contribution >= 0.6 is 0 Å². The largest absolute Gasteiger partial charge is 0.309 e. The number of hydrogen-bond acceptors (Lipinski definition) is 1. The van der Waals surface area contributed by atoms with Crippen LogP contribution < -0.4 is 4.90 Å².